The van der Waals surface area contributed by atoms with Gasteiger partial charge in [0.2, 0.25) is 11.8 Å². The average molecular weight is 548 g/mol. The first kappa shape index (κ1) is 22.8. The fraction of sp³-hybridized carbons (Fsp3) is 0.478. The van der Waals surface area contributed by atoms with E-state index in [-0.39, 0.29) is 59.5 Å². The topological polar surface area (TPSA) is 91.6 Å². The number of amides is 2. The summed E-state index contributed by atoms with van der Waals surface area (Å²) in [7, 11) is 1.72. The standard InChI is InChI=1S/C23H28N6O2.HI/c1-24-23(25-9-4-11-28-14-27-17-5-2-3-6-18(17)28)26-10-12-29-21(30)19-15-7-8-16(13-15)20(19)22(29)31;/h2-3,5-8,14-16,19-20H,4,9-13H2,1H3,(H2,24,25,26);1H. The number of rotatable bonds is 7. The van der Waals surface area contributed by atoms with Gasteiger partial charge in [-0.25, -0.2) is 4.98 Å². The second kappa shape index (κ2) is 9.60. The molecule has 9 heteroatoms. The first-order chi connectivity index (χ1) is 15.2. The lowest BCUT2D eigenvalue weighted by Crippen LogP contribution is -2.44. The van der Waals surface area contributed by atoms with E-state index >= 15 is 0 Å². The van der Waals surface area contributed by atoms with E-state index in [1.54, 1.807) is 7.05 Å². The zero-order valence-corrected chi connectivity index (χ0v) is 20.4. The minimum Gasteiger partial charge on any atom is -0.356 e. The number of para-hydroxylation sites is 2. The largest absolute Gasteiger partial charge is 0.356 e. The molecular weight excluding hydrogens is 519 g/mol. The van der Waals surface area contributed by atoms with Crippen molar-refractivity contribution in [2.75, 3.05) is 26.7 Å². The number of carbonyl (C=O) groups excluding carboxylic acids is 2. The minimum absolute atomic E-state index is 0. The van der Waals surface area contributed by atoms with Crippen LogP contribution in [-0.4, -0.2) is 58.9 Å². The zero-order valence-electron chi connectivity index (χ0n) is 18.1. The quantitative estimate of drug-likeness (QED) is 0.138. The molecule has 2 amide bonds. The summed E-state index contributed by atoms with van der Waals surface area (Å²) in [6, 6.07) is 8.11. The van der Waals surface area contributed by atoms with Gasteiger partial charge in [-0.15, -0.1) is 24.0 Å². The molecule has 1 aromatic heterocycles. The van der Waals surface area contributed by atoms with Crippen molar-refractivity contribution in [3.8, 4) is 0 Å². The molecule has 2 fully saturated rings. The number of aliphatic imine (C=N–C) groups is 1. The number of hydrogen-bond donors (Lipinski definition) is 2. The summed E-state index contributed by atoms with van der Waals surface area (Å²) in [5, 5.41) is 6.52. The molecule has 32 heavy (non-hydrogen) atoms. The van der Waals surface area contributed by atoms with Crippen molar-refractivity contribution >= 4 is 52.8 Å². The molecular formula is C23H29IN6O2. The molecule has 1 aliphatic heterocycles. The normalized spacial score (nSPS) is 26.0. The van der Waals surface area contributed by atoms with E-state index in [0.29, 0.717) is 19.0 Å². The lowest BCUT2D eigenvalue weighted by Gasteiger charge is -2.18. The van der Waals surface area contributed by atoms with Gasteiger partial charge >= 0.3 is 0 Å². The summed E-state index contributed by atoms with van der Waals surface area (Å²) in [4.78, 5) is 35.6. The number of nitrogens with zero attached hydrogens (tertiary/aromatic N) is 4. The molecule has 1 saturated carbocycles. The van der Waals surface area contributed by atoms with E-state index < -0.39 is 0 Å². The number of benzene rings is 1. The van der Waals surface area contributed by atoms with Crippen molar-refractivity contribution in [1.29, 1.82) is 0 Å². The number of imidazole rings is 1. The molecule has 170 valence electrons. The van der Waals surface area contributed by atoms with Gasteiger partial charge < -0.3 is 15.2 Å². The lowest BCUT2D eigenvalue weighted by atomic mass is 9.85. The van der Waals surface area contributed by atoms with Crippen LogP contribution in [0.3, 0.4) is 0 Å². The summed E-state index contributed by atoms with van der Waals surface area (Å²) in [5.74, 6) is 0.945. The molecule has 4 unspecified atom stereocenters. The Morgan fingerprint density at radius 3 is 2.47 bits per heavy atom. The number of aryl methyl sites for hydroxylation is 1. The second-order valence-corrected chi connectivity index (χ2v) is 8.53. The second-order valence-electron chi connectivity index (χ2n) is 8.53. The third kappa shape index (κ3) is 4.02. The number of guanidine groups is 1. The maximum absolute atomic E-state index is 12.7. The Hall–Kier alpha value is -2.43. The molecule has 1 saturated heterocycles. The average Bonchev–Trinajstić information content (AvgIpc) is 3.55. The number of fused-ring (bicyclic) bond motifs is 6. The van der Waals surface area contributed by atoms with Gasteiger partial charge in [0.05, 0.1) is 29.2 Å². The predicted molar refractivity (Wildman–Crippen MR) is 134 cm³/mol. The van der Waals surface area contributed by atoms with Crippen molar-refractivity contribution < 1.29 is 9.59 Å². The van der Waals surface area contributed by atoms with Crippen LogP contribution in [0.1, 0.15) is 12.8 Å². The smallest absolute Gasteiger partial charge is 0.233 e. The van der Waals surface area contributed by atoms with Crippen LogP contribution in [0.4, 0.5) is 0 Å². The third-order valence-electron chi connectivity index (χ3n) is 6.81. The molecule has 5 rings (SSSR count). The molecule has 2 N–H and O–H groups in total. The van der Waals surface area contributed by atoms with E-state index in [4.69, 9.17) is 0 Å². The molecule has 2 aliphatic carbocycles. The van der Waals surface area contributed by atoms with Crippen molar-refractivity contribution in [3.05, 3.63) is 42.7 Å². The number of imide groups is 1. The Balaban J connectivity index is 0.00000245. The third-order valence-corrected chi connectivity index (χ3v) is 6.81. The van der Waals surface area contributed by atoms with Crippen molar-refractivity contribution in [2.45, 2.75) is 19.4 Å². The Kier molecular flexibility index (Phi) is 6.82. The SMILES string of the molecule is CN=C(NCCCn1cnc2ccccc21)NCCN1C(=O)C2C3C=CC(C3)C2C1=O.I. The van der Waals surface area contributed by atoms with Crippen LogP contribution in [0, 0.1) is 23.7 Å². The summed E-state index contributed by atoms with van der Waals surface area (Å²) in [5.41, 5.74) is 2.14. The van der Waals surface area contributed by atoms with Crippen molar-refractivity contribution in [3.63, 3.8) is 0 Å². The van der Waals surface area contributed by atoms with Gasteiger partial charge in [-0.3, -0.25) is 19.5 Å². The van der Waals surface area contributed by atoms with Gasteiger partial charge in [-0.05, 0) is 36.8 Å². The number of carbonyl (C=O) groups is 2. The van der Waals surface area contributed by atoms with Gasteiger partial charge in [-0.1, -0.05) is 24.3 Å². The van der Waals surface area contributed by atoms with E-state index in [1.807, 2.05) is 24.5 Å². The maximum Gasteiger partial charge on any atom is 0.233 e. The monoisotopic (exact) mass is 548 g/mol. The first-order valence-electron chi connectivity index (χ1n) is 11.1. The fourth-order valence-corrected chi connectivity index (χ4v) is 5.34. The van der Waals surface area contributed by atoms with Crippen LogP contribution >= 0.6 is 24.0 Å². The highest BCUT2D eigenvalue weighted by atomic mass is 127. The van der Waals surface area contributed by atoms with Gasteiger partial charge in [0, 0.05) is 33.2 Å². The molecule has 8 nitrogen and oxygen atoms in total. The summed E-state index contributed by atoms with van der Waals surface area (Å²) in [6.45, 7) is 2.49. The number of likely N-dealkylation sites (tertiary alicyclic amines) is 1. The number of hydrogen-bond acceptors (Lipinski definition) is 4. The molecule has 2 bridgehead atoms. The molecule has 0 radical (unpaired) electrons. The van der Waals surface area contributed by atoms with E-state index in [1.165, 1.54) is 4.90 Å². The van der Waals surface area contributed by atoms with Gasteiger partial charge in [0.25, 0.3) is 0 Å². The summed E-state index contributed by atoms with van der Waals surface area (Å²) in [6.07, 6.45) is 8.00. The number of halogens is 1. The van der Waals surface area contributed by atoms with Crippen LogP contribution < -0.4 is 10.6 Å². The zero-order chi connectivity index (χ0) is 21.4. The van der Waals surface area contributed by atoms with Crippen molar-refractivity contribution in [1.82, 2.24) is 25.1 Å². The van der Waals surface area contributed by atoms with Crippen LogP contribution in [0.5, 0.6) is 0 Å². The Morgan fingerprint density at radius 1 is 1.06 bits per heavy atom. The number of nitrogens with one attached hydrogen (secondary N) is 2. The van der Waals surface area contributed by atoms with Crippen molar-refractivity contribution in [2.24, 2.45) is 28.7 Å². The first-order valence-corrected chi connectivity index (χ1v) is 11.1. The van der Waals surface area contributed by atoms with Gasteiger partial charge in [-0.2, -0.15) is 0 Å². The minimum atomic E-state index is -0.126. The molecule has 4 atom stereocenters. The van der Waals surface area contributed by atoms with Crippen LogP contribution in [0.25, 0.3) is 11.0 Å². The lowest BCUT2D eigenvalue weighted by molar-refractivity contribution is -0.140. The predicted octanol–water partition coefficient (Wildman–Crippen LogP) is 2.02. The molecule has 3 aliphatic rings. The molecule has 2 aromatic rings. The number of allylic oxidation sites excluding steroid dienone is 2. The molecule has 1 aromatic carbocycles. The van der Waals surface area contributed by atoms with E-state index in [2.05, 4.69) is 43.4 Å². The fourth-order valence-electron chi connectivity index (χ4n) is 5.34. The molecule has 0 spiro atoms. The van der Waals surface area contributed by atoms with E-state index in [0.717, 1.165) is 37.0 Å². The summed E-state index contributed by atoms with van der Waals surface area (Å²) >= 11 is 0. The van der Waals surface area contributed by atoms with Crippen LogP contribution in [-0.2, 0) is 16.1 Å². The van der Waals surface area contributed by atoms with Crippen LogP contribution in [0.2, 0.25) is 0 Å². The maximum atomic E-state index is 12.7. The van der Waals surface area contributed by atoms with E-state index in [9.17, 15) is 9.59 Å². The Morgan fingerprint density at radius 2 is 1.75 bits per heavy atom. The highest BCUT2D eigenvalue weighted by Gasteiger charge is 2.58. The van der Waals surface area contributed by atoms with Gasteiger partial charge in [0.15, 0.2) is 5.96 Å². The Bertz CT molecular complexity index is 1030. The highest BCUT2D eigenvalue weighted by Crippen LogP contribution is 2.52. The molecule has 2 heterocycles. The van der Waals surface area contributed by atoms with Crippen LogP contribution in [0.15, 0.2) is 47.7 Å². The number of aromatic nitrogens is 2. The Labute approximate surface area is 204 Å². The van der Waals surface area contributed by atoms with Gasteiger partial charge in [0.1, 0.15) is 0 Å². The highest BCUT2D eigenvalue weighted by molar-refractivity contribution is 14.0. The summed E-state index contributed by atoms with van der Waals surface area (Å²) < 4.78 is 2.15.